The van der Waals surface area contributed by atoms with Crippen molar-refractivity contribution in [2.75, 3.05) is 13.1 Å². The Kier molecular flexibility index (Phi) is 7.10. The lowest BCUT2D eigenvalue weighted by Gasteiger charge is -2.33. The van der Waals surface area contributed by atoms with Crippen LogP contribution in [-0.2, 0) is 24.8 Å². The number of halogens is 1. The first kappa shape index (κ1) is 23.3. The molecule has 0 unspecified atom stereocenters. The molecule has 2 N–H and O–H groups in total. The van der Waals surface area contributed by atoms with Gasteiger partial charge in [0, 0.05) is 19.1 Å². The SMILES string of the molecule is C[C@H](NS(=O)(=O)c1ccccc1F)C(=O)N1CCC(NS(=O)(=O)c2ccccc2)CC1. The molecule has 1 heterocycles. The van der Waals surface area contributed by atoms with Gasteiger partial charge in [0.2, 0.25) is 26.0 Å². The molecule has 2 aromatic rings. The third-order valence-electron chi connectivity index (χ3n) is 5.01. The molecule has 0 aliphatic carbocycles. The van der Waals surface area contributed by atoms with Crippen molar-refractivity contribution in [1.29, 1.82) is 0 Å². The van der Waals surface area contributed by atoms with E-state index in [1.807, 2.05) is 0 Å². The van der Waals surface area contributed by atoms with Gasteiger partial charge in [-0.05, 0) is 44.0 Å². The number of nitrogens with one attached hydrogen (secondary N) is 2. The second kappa shape index (κ2) is 9.43. The van der Waals surface area contributed by atoms with E-state index >= 15 is 0 Å². The maximum Gasteiger partial charge on any atom is 0.244 e. The lowest BCUT2D eigenvalue weighted by Crippen LogP contribution is -2.52. The van der Waals surface area contributed by atoms with Crippen LogP contribution in [0.1, 0.15) is 19.8 Å². The van der Waals surface area contributed by atoms with Gasteiger partial charge >= 0.3 is 0 Å². The van der Waals surface area contributed by atoms with Crippen molar-refractivity contribution in [2.45, 2.75) is 41.6 Å². The number of sulfonamides is 2. The molecule has 1 atom stereocenters. The highest BCUT2D eigenvalue weighted by Gasteiger charge is 2.31. The number of carbonyl (C=O) groups excluding carboxylic acids is 1. The minimum Gasteiger partial charge on any atom is -0.341 e. The van der Waals surface area contributed by atoms with Gasteiger partial charge in [0.25, 0.3) is 0 Å². The molecule has 2 aromatic carbocycles. The lowest BCUT2D eigenvalue weighted by molar-refractivity contribution is -0.133. The van der Waals surface area contributed by atoms with Crippen LogP contribution in [0.2, 0.25) is 0 Å². The van der Waals surface area contributed by atoms with Crippen LogP contribution in [0.25, 0.3) is 0 Å². The van der Waals surface area contributed by atoms with Crippen molar-refractivity contribution in [1.82, 2.24) is 14.3 Å². The minimum absolute atomic E-state index is 0.171. The predicted molar refractivity (Wildman–Crippen MR) is 113 cm³/mol. The van der Waals surface area contributed by atoms with Gasteiger partial charge in [-0.2, -0.15) is 4.72 Å². The zero-order valence-corrected chi connectivity index (χ0v) is 18.5. The molecule has 11 heteroatoms. The van der Waals surface area contributed by atoms with Crippen molar-refractivity contribution < 1.29 is 26.0 Å². The lowest BCUT2D eigenvalue weighted by atomic mass is 10.1. The maximum absolute atomic E-state index is 13.8. The Bertz CT molecular complexity index is 1130. The normalized spacial score (nSPS) is 16.8. The number of amides is 1. The predicted octanol–water partition coefficient (Wildman–Crippen LogP) is 1.46. The number of hydrogen-bond acceptors (Lipinski definition) is 5. The molecule has 0 radical (unpaired) electrons. The number of hydrogen-bond donors (Lipinski definition) is 2. The van der Waals surface area contributed by atoms with Crippen LogP contribution in [0.4, 0.5) is 4.39 Å². The van der Waals surface area contributed by atoms with E-state index in [4.69, 9.17) is 0 Å². The third kappa shape index (κ3) is 5.67. The van der Waals surface area contributed by atoms with Crippen LogP contribution >= 0.6 is 0 Å². The summed E-state index contributed by atoms with van der Waals surface area (Å²) in [5.41, 5.74) is 0. The van der Waals surface area contributed by atoms with Crippen LogP contribution in [0, 0.1) is 5.82 Å². The molecule has 1 fully saturated rings. The van der Waals surface area contributed by atoms with Crippen molar-refractivity contribution in [3.8, 4) is 0 Å². The van der Waals surface area contributed by atoms with E-state index in [-0.39, 0.29) is 24.0 Å². The summed E-state index contributed by atoms with van der Waals surface area (Å²) in [5, 5.41) is 0. The van der Waals surface area contributed by atoms with Crippen LogP contribution in [0.3, 0.4) is 0 Å². The van der Waals surface area contributed by atoms with Crippen molar-refractivity contribution >= 4 is 26.0 Å². The highest BCUT2D eigenvalue weighted by atomic mass is 32.2. The van der Waals surface area contributed by atoms with Crippen LogP contribution in [0.15, 0.2) is 64.4 Å². The van der Waals surface area contributed by atoms with Crippen LogP contribution in [-0.4, -0.2) is 52.8 Å². The molecular formula is C20H24FN3O5S2. The fraction of sp³-hybridized carbons (Fsp3) is 0.350. The molecule has 8 nitrogen and oxygen atoms in total. The maximum atomic E-state index is 13.8. The molecule has 1 saturated heterocycles. The van der Waals surface area contributed by atoms with Gasteiger partial charge in [-0.15, -0.1) is 0 Å². The first-order valence-electron chi connectivity index (χ1n) is 9.73. The van der Waals surface area contributed by atoms with E-state index in [9.17, 15) is 26.0 Å². The second-order valence-corrected chi connectivity index (χ2v) is 10.7. The Morgan fingerprint density at radius 1 is 0.968 bits per heavy atom. The van der Waals surface area contributed by atoms with Crippen molar-refractivity contribution in [3.05, 3.63) is 60.4 Å². The van der Waals surface area contributed by atoms with E-state index in [0.717, 1.165) is 12.1 Å². The molecule has 0 spiro atoms. The highest BCUT2D eigenvalue weighted by molar-refractivity contribution is 7.89. The molecule has 1 aliphatic rings. The summed E-state index contributed by atoms with van der Waals surface area (Å²) in [6.45, 7) is 1.93. The number of likely N-dealkylation sites (tertiary alicyclic amines) is 1. The Morgan fingerprint density at radius 2 is 1.55 bits per heavy atom. The van der Waals surface area contributed by atoms with E-state index in [1.165, 1.54) is 36.1 Å². The molecule has 0 bridgehead atoms. The first-order chi connectivity index (χ1) is 14.6. The summed E-state index contributed by atoms with van der Waals surface area (Å²) in [6.07, 6.45) is 0.787. The van der Waals surface area contributed by atoms with Gasteiger partial charge in [-0.1, -0.05) is 30.3 Å². The number of nitrogens with zero attached hydrogens (tertiary/aromatic N) is 1. The van der Waals surface area contributed by atoms with Gasteiger partial charge in [0.1, 0.15) is 10.7 Å². The summed E-state index contributed by atoms with van der Waals surface area (Å²) in [4.78, 5) is 13.8. The minimum atomic E-state index is -4.20. The standard InChI is InChI=1S/C20H24FN3O5S2/c1-15(22-31(28,29)19-10-6-5-9-18(19)21)20(25)24-13-11-16(12-14-24)23-30(26,27)17-7-3-2-4-8-17/h2-10,15-16,22-23H,11-14H2,1H3/t15-/m0/s1. The largest absolute Gasteiger partial charge is 0.341 e. The average Bonchev–Trinajstić information content (AvgIpc) is 2.74. The van der Waals surface area contributed by atoms with E-state index in [0.29, 0.717) is 12.8 Å². The molecular weight excluding hydrogens is 445 g/mol. The first-order valence-corrected chi connectivity index (χ1v) is 12.7. The van der Waals surface area contributed by atoms with E-state index in [1.54, 1.807) is 18.2 Å². The monoisotopic (exact) mass is 469 g/mol. The zero-order chi connectivity index (χ0) is 22.6. The average molecular weight is 470 g/mol. The molecule has 0 aromatic heterocycles. The number of rotatable bonds is 7. The van der Waals surface area contributed by atoms with Crippen molar-refractivity contribution in [2.24, 2.45) is 0 Å². The number of benzene rings is 2. The Labute approximate surface area is 181 Å². The van der Waals surface area contributed by atoms with Crippen molar-refractivity contribution in [3.63, 3.8) is 0 Å². The van der Waals surface area contributed by atoms with Crippen LogP contribution < -0.4 is 9.44 Å². The van der Waals surface area contributed by atoms with E-state index < -0.39 is 42.7 Å². The van der Waals surface area contributed by atoms with Gasteiger partial charge in [0.05, 0.1) is 10.9 Å². The molecule has 31 heavy (non-hydrogen) atoms. The number of piperidine rings is 1. The van der Waals surface area contributed by atoms with Crippen LogP contribution in [0.5, 0.6) is 0 Å². The summed E-state index contributed by atoms with van der Waals surface area (Å²) >= 11 is 0. The Balaban J connectivity index is 1.57. The fourth-order valence-corrected chi connectivity index (χ4v) is 5.99. The van der Waals surface area contributed by atoms with Gasteiger partial charge in [0.15, 0.2) is 0 Å². The second-order valence-electron chi connectivity index (χ2n) is 7.31. The van der Waals surface area contributed by atoms with Gasteiger partial charge < -0.3 is 4.90 Å². The topological polar surface area (TPSA) is 113 Å². The van der Waals surface area contributed by atoms with Gasteiger partial charge in [-0.25, -0.2) is 25.9 Å². The molecule has 0 saturated carbocycles. The molecule has 1 aliphatic heterocycles. The molecule has 168 valence electrons. The Hall–Kier alpha value is -2.34. The summed E-state index contributed by atoms with van der Waals surface area (Å²) in [5.74, 6) is -1.36. The summed E-state index contributed by atoms with van der Waals surface area (Å²) in [6, 6.07) is 11.5. The smallest absolute Gasteiger partial charge is 0.244 e. The number of carbonyl (C=O) groups is 1. The fourth-order valence-electron chi connectivity index (χ4n) is 3.39. The third-order valence-corrected chi connectivity index (χ3v) is 8.12. The summed E-state index contributed by atoms with van der Waals surface area (Å²) in [7, 11) is -7.86. The Morgan fingerprint density at radius 3 is 2.16 bits per heavy atom. The quantitative estimate of drug-likeness (QED) is 0.638. The highest BCUT2D eigenvalue weighted by Crippen LogP contribution is 2.17. The zero-order valence-electron chi connectivity index (χ0n) is 16.9. The molecule has 1 amide bonds. The summed E-state index contributed by atoms with van der Waals surface area (Å²) < 4.78 is 68.4. The van der Waals surface area contributed by atoms with E-state index in [2.05, 4.69) is 9.44 Å². The van der Waals surface area contributed by atoms with Gasteiger partial charge in [-0.3, -0.25) is 4.79 Å². The molecule has 3 rings (SSSR count).